The van der Waals surface area contributed by atoms with Crippen molar-refractivity contribution >= 4 is 0 Å². The van der Waals surface area contributed by atoms with Crippen LogP contribution in [0.2, 0.25) is 0 Å². The lowest BCUT2D eigenvalue weighted by atomic mass is 10.2. The Morgan fingerprint density at radius 3 is 2.75 bits per heavy atom. The molecule has 3 nitrogen and oxygen atoms in total. The number of nitrogens with one attached hydrogen (secondary N) is 1. The molecule has 0 aromatic carbocycles. The molecule has 16 heavy (non-hydrogen) atoms. The maximum atomic E-state index is 4.46. The van der Waals surface area contributed by atoms with Gasteiger partial charge in [-0.1, -0.05) is 13.8 Å². The van der Waals surface area contributed by atoms with Crippen LogP contribution >= 0.6 is 0 Å². The molecule has 0 radical (unpaired) electrons. The molecule has 0 aliphatic heterocycles. The van der Waals surface area contributed by atoms with Crippen molar-refractivity contribution in [1.29, 1.82) is 0 Å². The van der Waals surface area contributed by atoms with Crippen LogP contribution in [-0.2, 0) is 13.0 Å². The first-order chi connectivity index (χ1) is 7.63. The summed E-state index contributed by atoms with van der Waals surface area (Å²) in [4.78, 5) is 0. The number of aryl methyl sites for hydroxylation is 3. The molecule has 0 saturated carbocycles. The van der Waals surface area contributed by atoms with Crippen molar-refractivity contribution in [3.05, 3.63) is 17.5 Å². The zero-order valence-corrected chi connectivity index (χ0v) is 11.1. The first-order valence-corrected chi connectivity index (χ1v) is 6.40. The van der Waals surface area contributed by atoms with Gasteiger partial charge in [-0.2, -0.15) is 5.10 Å². The van der Waals surface area contributed by atoms with Crippen LogP contribution in [0.4, 0.5) is 0 Å². The molecule has 0 atom stereocenters. The minimum atomic E-state index is 0.600. The minimum Gasteiger partial charge on any atom is -0.315 e. The SMILES string of the molecule is CCn1nc(C)cc1CCCCNC(C)C. The highest BCUT2D eigenvalue weighted by Gasteiger charge is 2.03. The number of nitrogens with zero attached hydrogens (tertiary/aromatic N) is 2. The molecule has 0 bridgehead atoms. The van der Waals surface area contributed by atoms with Gasteiger partial charge in [0, 0.05) is 18.3 Å². The molecule has 1 rings (SSSR count). The third kappa shape index (κ3) is 4.35. The summed E-state index contributed by atoms with van der Waals surface area (Å²) in [5.74, 6) is 0. The number of unbranched alkanes of at least 4 members (excludes halogenated alkanes) is 1. The average molecular weight is 223 g/mol. The zero-order chi connectivity index (χ0) is 12.0. The first-order valence-electron chi connectivity index (χ1n) is 6.40. The Balaban J connectivity index is 2.26. The molecular weight excluding hydrogens is 198 g/mol. The van der Waals surface area contributed by atoms with Crippen LogP contribution in [0.1, 0.15) is 45.0 Å². The molecule has 0 aliphatic rings. The summed E-state index contributed by atoms with van der Waals surface area (Å²) in [6.07, 6.45) is 3.63. The summed E-state index contributed by atoms with van der Waals surface area (Å²) < 4.78 is 2.12. The van der Waals surface area contributed by atoms with E-state index in [-0.39, 0.29) is 0 Å². The fourth-order valence-corrected chi connectivity index (χ4v) is 1.90. The average Bonchev–Trinajstić information content (AvgIpc) is 2.58. The fraction of sp³-hybridized carbons (Fsp3) is 0.769. The second-order valence-electron chi connectivity index (χ2n) is 4.66. The van der Waals surface area contributed by atoms with Gasteiger partial charge in [-0.3, -0.25) is 4.68 Å². The van der Waals surface area contributed by atoms with Gasteiger partial charge in [0.25, 0.3) is 0 Å². The molecule has 3 heteroatoms. The molecule has 1 N–H and O–H groups in total. The van der Waals surface area contributed by atoms with E-state index in [0.29, 0.717) is 6.04 Å². The van der Waals surface area contributed by atoms with E-state index in [2.05, 4.69) is 48.9 Å². The van der Waals surface area contributed by atoms with E-state index in [1.54, 1.807) is 0 Å². The standard InChI is InChI=1S/C13H25N3/c1-5-16-13(10-12(4)15-16)8-6-7-9-14-11(2)3/h10-11,14H,5-9H2,1-4H3. The number of aromatic nitrogens is 2. The molecular formula is C13H25N3. The van der Waals surface area contributed by atoms with Gasteiger partial charge < -0.3 is 5.32 Å². The predicted molar refractivity (Wildman–Crippen MR) is 68.7 cm³/mol. The zero-order valence-electron chi connectivity index (χ0n) is 11.1. The highest BCUT2D eigenvalue weighted by molar-refractivity contribution is 5.08. The Bertz CT molecular complexity index is 302. The Morgan fingerprint density at radius 2 is 2.12 bits per heavy atom. The van der Waals surface area contributed by atoms with Crippen molar-refractivity contribution in [3.63, 3.8) is 0 Å². The lowest BCUT2D eigenvalue weighted by Gasteiger charge is -2.08. The van der Waals surface area contributed by atoms with Gasteiger partial charge in [-0.15, -0.1) is 0 Å². The molecule has 0 aliphatic carbocycles. The predicted octanol–water partition coefficient (Wildman–Crippen LogP) is 2.53. The Morgan fingerprint density at radius 1 is 1.38 bits per heavy atom. The van der Waals surface area contributed by atoms with E-state index < -0.39 is 0 Å². The summed E-state index contributed by atoms with van der Waals surface area (Å²) in [6.45, 7) is 10.7. The van der Waals surface area contributed by atoms with E-state index in [9.17, 15) is 0 Å². The lowest BCUT2D eigenvalue weighted by molar-refractivity contribution is 0.545. The van der Waals surface area contributed by atoms with Crippen LogP contribution in [0.5, 0.6) is 0 Å². The van der Waals surface area contributed by atoms with Crippen molar-refractivity contribution in [1.82, 2.24) is 15.1 Å². The molecule has 0 saturated heterocycles. The Labute approximate surface area is 99.2 Å². The minimum absolute atomic E-state index is 0.600. The van der Waals surface area contributed by atoms with E-state index in [4.69, 9.17) is 0 Å². The molecule has 0 spiro atoms. The summed E-state index contributed by atoms with van der Waals surface area (Å²) in [5.41, 5.74) is 2.52. The van der Waals surface area contributed by atoms with Crippen LogP contribution in [-0.4, -0.2) is 22.4 Å². The number of hydrogen-bond donors (Lipinski definition) is 1. The largest absolute Gasteiger partial charge is 0.315 e. The van der Waals surface area contributed by atoms with Crippen LogP contribution in [0, 0.1) is 6.92 Å². The van der Waals surface area contributed by atoms with Gasteiger partial charge >= 0.3 is 0 Å². The van der Waals surface area contributed by atoms with Gasteiger partial charge in [-0.05, 0) is 45.7 Å². The second-order valence-corrected chi connectivity index (χ2v) is 4.66. The van der Waals surface area contributed by atoms with Crippen molar-refractivity contribution in [2.45, 2.75) is 59.5 Å². The third-order valence-electron chi connectivity index (χ3n) is 2.70. The maximum Gasteiger partial charge on any atom is 0.0596 e. The third-order valence-corrected chi connectivity index (χ3v) is 2.70. The van der Waals surface area contributed by atoms with Gasteiger partial charge in [0.15, 0.2) is 0 Å². The van der Waals surface area contributed by atoms with Crippen molar-refractivity contribution in [3.8, 4) is 0 Å². The van der Waals surface area contributed by atoms with E-state index in [1.165, 1.54) is 18.5 Å². The van der Waals surface area contributed by atoms with Gasteiger partial charge in [0.2, 0.25) is 0 Å². The molecule has 1 heterocycles. The van der Waals surface area contributed by atoms with Crippen molar-refractivity contribution < 1.29 is 0 Å². The van der Waals surface area contributed by atoms with Gasteiger partial charge in [-0.25, -0.2) is 0 Å². The highest BCUT2D eigenvalue weighted by Crippen LogP contribution is 2.07. The summed E-state index contributed by atoms with van der Waals surface area (Å²) in [5, 5.41) is 7.90. The van der Waals surface area contributed by atoms with Gasteiger partial charge in [0.1, 0.15) is 0 Å². The quantitative estimate of drug-likeness (QED) is 0.720. The van der Waals surface area contributed by atoms with Crippen LogP contribution < -0.4 is 5.32 Å². The smallest absolute Gasteiger partial charge is 0.0596 e. The molecule has 1 aromatic heterocycles. The van der Waals surface area contributed by atoms with Crippen LogP contribution in [0.3, 0.4) is 0 Å². The topological polar surface area (TPSA) is 29.9 Å². The Hall–Kier alpha value is -0.830. The van der Waals surface area contributed by atoms with E-state index in [0.717, 1.165) is 25.2 Å². The Kier molecular flexibility index (Phi) is 5.53. The summed E-state index contributed by atoms with van der Waals surface area (Å²) >= 11 is 0. The highest BCUT2D eigenvalue weighted by atomic mass is 15.3. The lowest BCUT2D eigenvalue weighted by Crippen LogP contribution is -2.23. The molecule has 0 unspecified atom stereocenters. The van der Waals surface area contributed by atoms with Crippen LogP contribution in [0.25, 0.3) is 0 Å². The van der Waals surface area contributed by atoms with Crippen molar-refractivity contribution in [2.24, 2.45) is 0 Å². The normalized spacial score (nSPS) is 11.3. The second kappa shape index (κ2) is 6.69. The summed E-state index contributed by atoms with van der Waals surface area (Å²) in [7, 11) is 0. The van der Waals surface area contributed by atoms with Gasteiger partial charge in [0.05, 0.1) is 5.69 Å². The van der Waals surface area contributed by atoms with E-state index >= 15 is 0 Å². The monoisotopic (exact) mass is 223 g/mol. The van der Waals surface area contributed by atoms with Crippen molar-refractivity contribution in [2.75, 3.05) is 6.54 Å². The number of rotatable bonds is 7. The molecule has 92 valence electrons. The molecule has 0 fully saturated rings. The molecule has 0 amide bonds. The summed E-state index contributed by atoms with van der Waals surface area (Å²) in [6, 6.07) is 2.81. The van der Waals surface area contributed by atoms with E-state index in [1.807, 2.05) is 0 Å². The molecule has 1 aromatic rings. The fourth-order valence-electron chi connectivity index (χ4n) is 1.90. The maximum absolute atomic E-state index is 4.46. The van der Waals surface area contributed by atoms with Crippen LogP contribution in [0.15, 0.2) is 6.07 Å². The first kappa shape index (κ1) is 13.2. The number of hydrogen-bond acceptors (Lipinski definition) is 2.